The second-order valence-electron chi connectivity index (χ2n) is 9.10. The Morgan fingerprint density at radius 3 is 2.03 bits per heavy atom. The van der Waals surface area contributed by atoms with Gasteiger partial charge in [0.2, 0.25) is 11.8 Å². The molecular formula is C24H32N2O4. The van der Waals surface area contributed by atoms with Gasteiger partial charge in [-0.2, -0.15) is 0 Å². The summed E-state index contributed by atoms with van der Waals surface area (Å²) in [5.41, 5.74) is 1.31. The lowest BCUT2D eigenvalue weighted by Gasteiger charge is -2.39. The molecule has 2 heterocycles. The highest BCUT2D eigenvalue weighted by Gasteiger charge is 2.44. The van der Waals surface area contributed by atoms with E-state index in [2.05, 4.69) is 12.1 Å². The topological polar surface area (TPSA) is 77.9 Å². The van der Waals surface area contributed by atoms with E-state index in [-0.39, 0.29) is 17.7 Å². The zero-order valence-electron chi connectivity index (χ0n) is 17.5. The lowest BCUT2D eigenvalue weighted by Crippen LogP contribution is -2.48. The number of carbonyl (C=O) groups is 3. The van der Waals surface area contributed by atoms with Crippen molar-refractivity contribution in [3.05, 3.63) is 35.9 Å². The minimum absolute atomic E-state index is 0.0269. The molecule has 2 amide bonds. The Labute approximate surface area is 178 Å². The first kappa shape index (κ1) is 20.9. The molecule has 0 spiro atoms. The van der Waals surface area contributed by atoms with Gasteiger partial charge >= 0.3 is 5.97 Å². The standard InChI is InChI=1S/C24H32N2O4/c27-22(25-12-4-5-13-25)19-8-9-20(21(16-19)24(29)30)23(28)26-14-10-18(11-15-26)17-6-2-1-3-7-17/h1-3,6-7,18-21H,4-5,8-16H2,(H,29,30)/t19?,20-,21-/m0/s1. The Hall–Kier alpha value is -2.37. The molecule has 1 saturated carbocycles. The van der Waals surface area contributed by atoms with E-state index in [0.29, 0.717) is 38.3 Å². The molecule has 4 rings (SSSR count). The number of hydrogen-bond acceptors (Lipinski definition) is 3. The summed E-state index contributed by atoms with van der Waals surface area (Å²) in [4.78, 5) is 41.7. The van der Waals surface area contributed by atoms with Gasteiger partial charge in [0, 0.05) is 32.1 Å². The molecule has 2 saturated heterocycles. The molecule has 0 bridgehead atoms. The number of benzene rings is 1. The summed E-state index contributed by atoms with van der Waals surface area (Å²) in [5, 5.41) is 9.82. The van der Waals surface area contributed by atoms with Gasteiger partial charge in [0.15, 0.2) is 0 Å². The third-order valence-corrected chi connectivity index (χ3v) is 7.33. The lowest BCUT2D eigenvalue weighted by molar-refractivity contribution is -0.155. The Morgan fingerprint density at radius 2 is 1.40 bits per heavy atom. The molecule has 1 aromatic rings. The summed E-state index contributed by atoms with van der Waals surface area (Å²) < 4.78 is 0. The van der Waals surface area contributed by atoms with Crippen LogP contribution in [-0.4, -0.2) is 58.9 Å². The van der Waals surface area contributed by atoms with Crippen LogP contribution in [0.5, 0.6) is 0 Å². The van der Waals surface area contributed by atoms with Crippen LogP contribution in [0.4, 0.5) is 0 Å². The molecule has 6 nitrogen and oxygen atoms in total. The number of nitrogens with zero attached hydrogens (tertiary/aromatic N) is 2. The average Bonchev–Trinajstić information content (AvgIpc) is 3.33. The fourth-order valence-corrected chi connectivity index (χ4v) is 5.55. The average molecular weight is 413 g/mol. The zero-order valence-corrected chi connectivity index (χ0v) is 17.5. The smallest absolute Gasteiger partial charge is 0.307 e. The largest absolute Gasteiger partial charge is 0.481 e. The van der Waals surface area contributed by atoms with Gasteiger partial charge in [0.05, 0.1) is 11.8 Å². The molecule has 1 N–H and O–H groups in total. The fourth-order valence-electron chi connectivity index (χ4n) is 5.55. The molecule has 0 aromatic heterocycles. The quantitative estimate of drug-likeness (QED) is 0.824. The third-order valence-electron chi connectivity index (χ3n) is 7.33. The SMILES string of the molecule is O=C(O)[C@H]1CC(C(=O)N2CCCC2)CC[C@@H]1C(=O)N1CCC(c2ccccc2)CC1. The second-order valence-corrected chi connectivity index (χ2v) is 9.10. The van der Waals surface area contributed by atoms with Gasteiger partial charge in [0.25, 0.3) is 0 Å². The molecule has 3 aliphatic rings. The second kappa shape index (κ2) is 9.19. The van der Waals surface area contributed by atoms with Gasteiger partial charge in [-0.25, -0.2) is 0 Å². The number of piperidine rings is 1. The van der Waals surface area contributed by atoms with Crippen molar-refractivity contribution in [2.45, 2.75) is 50.9 Å². The molecule has 1 aliphatic carbocycles. The van der Waals surface area contributed by atoms with Gasteiger partial charge in [-0.15, -0.1) is 0 Å². The zero-order chi connectivity index (χ0) is 21.1. The maximum atomic E-state index is 13.2. The van der Waals surface area contributed by atoms with Crippen LogP contribution in [0.2, 0.25) is 0 Å². The van der Waals surface area contributed by atoms with Crippen LogP contribution < -0.4 is 0 Å². The van der Waals surface area contributed by atoms with E-state index in [1.165, 1.54) is 5.56 Å². The molecule has 3 fully saturated rings. The van der Waals surface area contributed by atoms with E-state index in [1.54, 1.807) is 0 Å². The number of carboxylic acid groups (broad SMARTS) is 1. The van der Waals surface area contributed by atoms with Crippen LogP contribution in [0, 0.1) is 17.8 Å². The van der Waals surface area contributed by atoms with Crippen molar-refractivity contribution >= 4 is 17.8 Å². The maximum absolute atomic E-state index is 13.2. The minimum Gasteiger partial charge on any atom is -0.481 e. The van der Waals surface area contributed by atoms with Crippen LogP contribution in [0.25, 0.3) is 0 Å². The van der Waals surface area contributed by atoms with Crippen LogP contribution >= 0.6 is 0 Å². The van der Waals surface area contributed by atoms with Gasteiger partial charge in [-0.3, -0.25) is 14.4 Å². The van der Waals surface area contributed by atoms with Crippen molar-refractivity contribution in [2.24, 2.45) is 17.8 Å². The van der Waals surface area contributed by atoms with E-state index in [1.807, 2.05) is 28.0 Å². The molecule has 1 aromatic carbocycles. The predicted molar refractivity (Wildman–Crippen MR) is 113 cm³/mol. The molecular weight excluding hydrogens is 380 g/mol. The van der Waals surface area contributed by atoms with Crippen molar-refractivity contribution in [2.75, 3.05) is 26.2 Å². The number of hydrogen-bond donors (Lipinski definition) is 1. The van der Waals surface area contributed by atoms with E-state index in [4.69, 9.17) is 0 Å². The normalized spacial score (nSPS) is 27.8. The van der Waals surface area contributed by atoms with E-state index in [9.17, 15) is 19.5 Å². The van der Waals surface area contributed by atoms with Crippen LogP contribution in [0.15, 0.2) is 30.3 Å². The van der Waals surface area contributed by atoms with E-state index >= 15 is 0 Å². The van der Waals surface area contributed by atoms with Crippen LogP contribution in [-0.2, 0) is 14.4 Å². The summed E-state index contributed by atoms with van der Waals surface area (Å²) in [6, 6.07) is 10.4. The van der Waals surface area contributed by atoms with Crippen LogP contribution in [0.1, 0.15) is 56.4 Å². The molecule has 2 aliphatic heterocycles. The molecule has 0 radical (unpaired) electrons. The number of carboxylic acids is 1. The molecule has 30 heavy (non-hydrogen) atoms. The van der Waals surface area contributed by atoms with Crippen molar-refractivity contribution in [1.82, 2.24) is 9.80 Å². The van der Waals surface area contributed by atoms with Crippen molar-refractivity contribution in [3.8, 4) is 0 Å². The first-order valence-corrected chi connectivity index (χ1v) is 11.4. The summed E-state index contributed by atoms with van der Waals surface area (Å²) >= 11 is 0. The van der Waals surface area contributed by atoms with Crippen LogP contribution in [0.3, 0.4) is 0 Å². The number of aliphatic carboxylic acids is 1. The molecule has 6 heteroatoms. The lowest BCUT2D eigenvalue weighted by atomic mass is 9.72. The molecule has 3 atom stereocenters. The Kier molecular flexibility index (Phi) is 6.40. The molecule has 162 valence electrons. The Bertz CT molecular complexity index is 767. The van der Waals surface area contributed by atoms with Gasteiger partial charge in [0.1, 0.15) is 0 Å². The fraction of sp³-hybridized carbons (Fsp3) is 0.625. The van der Waals surface area contributed by atoms with Gasteiger partial charge < -0.3 is 14.9 Å². The number of rotatable bonds is 4. The Morgan fingerprint density at radius 1 is 0.767 bits per heavy atom. The molecule has 1 unspecified atom stereocenters. The van der Waals surface area contributed by atoms with Gasteiger partial charge in [-0.05, 0) is 56.4 Å². The minimum atomic E-state index is -0.938. The highest BCUT2D eigenvalue weighted by molar-refractivity contribution is 5.87. The van der Waals surface area contributed by atoms with Crippen molar-refractivity contribution < 1.29 is 19.5 Å². The van der Waals surface area contributed by atoms with E-state index < -0.39 is 17.8 Å². The van der Waals surface area contributed by atoms with E-state index in [0.717, 1.165) is 38.8 Å². The summed E-state index contributed by atoms with van der Waals surface area (Å²) in [5.74, 6) is -1.93. The van der Waals surface area contributed by atoms with Gasteiger partial charge in [-0.1, -0.05) is 30.3 Å². The summed E-state index contributed by atoms with van der Waals surface area (Å²) in [6.07, 6.45) is 5.30. The summed E-state index contributed by atoms with van der Waals surface area (Å²) in [6.45, 7) is 2.92. The number of amides is 2. The first-order valence-electron chi connectivity index (χ1n) is 11.4. The highest BCUT2D eigenvalue weighted by Crippen LogP contribution is 2.38. The number of carbonyl (C=O) groups excluding carboxylic acids is 2. The highest BCUT2D eigenvalue weighted by atomic mass is 16.4. The maximum Gasteiger partial charge on any atom is 0.307 e. The Balaban J connectivity index is 1.36. The predicted octanol–water partition coefficient (Wildman–Crippen LogP) is 3.13. The summed E-state index contributed by atoms with van der Waals surface area (Å²) in [7, 11) is 0. The van der Waals surface area contributed by atoms with Crippen molar-refractivity contribution in [1.29, 1.82) is 0 Å². The van der Waals surface area contributed by atoms with Crippen molar-refractivity contribution in [3.63, 3.8) is 0 Å². The first-order chi connectivity index (χ1) is 14.5. The number of likely N-dealkylation sites (tertiary alicyclic amines) is 2. The third kappa shape index (κ3) is 4.37. The monoisotopic (exact) mass is 412 g/mol.